The molecule has 0 amide bonds. The molecule has 114 valence electrons. The SMILES string of the molecule is Cc1ccc(S(=O)(=O)Nc2noc(-c3ccoc3)n2)c(C)c1. The second-order valence-electron chi connectivity index (χ2n) is 4.81. The summed E-state index contributed by atoms with van der Waals surface area (Å²) < 4.78 is 37.0. The van der Waals surface area contributed by atoms with Gasteiger partial charge in [0.25, 0.3) is 21.9 Å². The first-order valence-corrected chi connectivity index (χ1v) is 7.90. The number of aromatic nitrogens is 2. The number of nitrogens with one attached hydrogen (secondary N) is 1. The number of anilines is 1. The quantitative estimate of drug-likeness (QED) is 0.794. The highest BCUT2D eigenvalue weighted by Gasteiger charge is 2.20. The zero-order valence-corrected chi connectivity index (χ0v) is 12.7. The lowest BCUT2D eigenvalue weighted by Crippen LogP contribution is -2.15. The highest BCUT2D eigenvalue weighted by atomic mass is 32.2. The van der Waals surface area contributed by atoms with Gasteiger partial charge < -0.3 is 8.94 Å². The summed E-state index contributed by atoms with van der Waals surface area (Å²) in [5.41, 5.74) is 2.20. The lowest BCUT2D eigenvalue weighted by molar-refractivity contribution is 0.432. The van der Waals surface area contributed by atoms with E-state index in [1.54, 1.807) is 31.2 Å². The molecule has 0 aliphatic carbocycles. The highest BCUT2D eigenvalue weighted by Crippen LogP contribution is 2.22. The summed E-state index contributed by atoms with van der Waals surface area (Å²) in [6, 6.07) is 6.70. The number of sulfonamides is 1. The van der Waals surface area contributed by atoms with E-state index in [-0.39, 0.29) is 16.7 Å². The third-order valence-corrected chi connectivity index (χ3v) is 4.53. The maximum absolute atomic E-state index is 12.4. The summed E-state index contributed by atoms with van der Waals surface area (Å²) in [5.74, 6) is 0.0447. The van der Waals surface area contributed by atoms with Crippen molar-refractivity contribution >= 4 is 16.0 Å². The average Bonchev–Trinajstić information content (AvgIpc) is 3.07. The Bertz CT molecular complexity index is 898. The predicted molar refractivity (Wildman–Crippen MR) is 78.7 cm³/mol. The van der Waals surface area contributed by atoms with Crippen LogP contribution in [0.1, 0.15) is 11.1 Å². The number of hydrogen-bond donors (Lipinski definition) is 1. The average molecular weight is 319 g/mol. The molecule has 1 aromatic carbocycles. The summed E-state index contributed by atoms with van der Waals surface area (Å²) >= 11 is 0. The molecule has 0 atom stereocenters. The van der Waals surface area contributed by atoms with Crippen molar-refractivity contribution in [3.8, 4) is 11.5 Å². The van der Waals surface area contributed by atoms with Crippen molar-refractivity contribution in [2.75, 3.05) is 4.72 Å². The van der Waals surface area contributed by atoms with Gasteiger partial charge in [-0.25, -0.2) is 13.1 Å². The van der Waals surface area contributed by atoms with Gasteiger partial charge in [0.15, 0.2) is 0 Å². The van der Waals surface area contributed by atoms with E-state index in [9.17, 15) is 8.42 Å². The van der Waals surface area contributed by atoms with Crippen LogP contribution in [0.3, 0.4) is 0 Å². The highest BCUT2D eigenvalue weighted by molar-refractivity contribution is 7.92. The number of hydrogen-bond acceptors (Lipinski definition) is 6. The second-order valence-corrected chi connectivity index (χ2v) is 6.46. The third kappa shape index (κ3) is 2.73. The fourth-order valence-electron chi connectivity index (χ4n) is 2.04. The van der Waals surface area contributed by atoms with E-state index >= 15 is 0 Å². The molecule has 0 spiro atoms. The largest absolute Gasteiger partial charge is 0.472 e. The summed E-state index contributed by atoms with van der Waals surface area (Å²) in [7, 11) is -3.77. The first-order valence-electron chi connectivity index (χ1n) is 6.42. The zero-order chi connectivity index (χ0) is 15.7. The molecule has 3 aromatic rings. The van der Waals surface area contributed by atoms with Crippen LogP contribution >= 0.6 is 0 Å². The van der Waals surface area contributed by atoms with E-state index in [2.05, 4.69) is 14.9 Å². The van der Waals surface area contributed by atoms with Crippen LogP contribution in [0.4, 0.5) is 5.95 Å². The van der Waals surface area contributed by atoms with Crippen LogP contribution in [0.25, 0.3) is 11.5 Å². The monoisotopic (exact) mass is 319 g/mol. The molecule has 0 aliphatic heterocycles. The van der Waals surface area contributed by atoms with E-state index in [0.29, 0.717) is 11.1 Å². The first kappa shape index (κ1) is 14.3. The molecular formula is C14H13N3O4S. The maximum Gasteiger partial charge on any atom is 0.277 e. The molecule has 2 aromatic heterocycles. The summed E-state index contributed by atoms with van der Waals surface area (Å²) in [5, 5.41) is 3.61. The molecule has 0 aliphatic rings. The Kier molecular flexibility index (Phi) is 3.45. The fraction of sp³-hybridized carbons (Fsp3) is 0.143. The van der Waals surface area contributed by atoms with Gasteiger partial charge in [0, 0.05) is 0 Å². The van der Waals surface area contributed by atoms with Gasteiger partial charge in [-0.3, -0.25) is 0 Å². The molecular weight excluding hydrogens is 306 g/mol. The molecule has 0 saturated carbocycles. The van der Waals surface area contributed by atoms with Crippen molar-refractivity contribution in [3.05, 3.63) is 47.9 Å². The number of aryl methyl sites for hydroxylation is 2. The van der Waals surface area contributed by atoms with Crippen molar-refractivity contribution in [2.45, 2.75) is 18.7 Å². The lowest BCUT2D eigenvalue weighted by atomic mass is 10.2. The van der Waals surface area contributed by atoms with Crippen LogP contribution in [0.15, 0.2) is 50.6 Å². The third-order valence-electron chi connectivity index (χ3n) is 3.04. The molecule has 3 rings (SSSR count). The molecule has 0 bridgehead atoms. The Morgan fingerprint density at radius 3 is 2.68 bits per heavy atom. The first-order chi connectivity index (χ1) is 10.5. The minimum atomic E-state index is -3.77. The number of rotatable bonds is 4. The predicted octanol–water partition coefficient (Wildman–Crippen LogP) is 2.75. The Morgan fingerprint density at radius 2 is 2.00 bits per heavy atom. The van der Waals surface area contributed by atoms with Crippen LogP contribution in [-0.2, 0) is 10.0 Å². The van der Waals surface area contributed by atoms with E-state index < -0.39 is 10.0 Å². The van der Waals surface area contributed by atoms with E-state index in [0.717, 1.165) is 5.56 Å². The van der Waals surface area contributed by atoms with Crippen LogP contribution < -0.4 is 4.72 Å². The van der Waals surface area contributed by atoms with Crippen LogP contribution in [0.5, 0.6) is 0 Å². The standard InChI is InChI=1S/C14H13N3O4S/c1-9-3-4-12(10(2)7-9)22(18,19)17-14-15-13(21-16-14)11-5-6-20-8-11/h3-8H,1-2H3,(H,16,17). The van der Waals surface area contributed by atoms with E-state index in [1.807, 2.05) is 6.92 Å². The molecule has 0 fully saturated rings. The van der Waals surface area contributed by atoms with Crippen LogP contribution in [0, 0.1) is 13.8 Å². The van der Waals surface area contributed by atoms with Crippen molar-refractivity contribution < 1.29 is 17.4 Å². The van der Waals surface area contributed by atoms with Crippen molar-refractivity contribution in [2.24, 2.45) is 0 Å². The maximum atomic E-state index is 12.4. The normalized spacial score (nSPS) is 11.5. The summed E-state index contributed by atoms with van der Waals surface area (Å²) in [4.78, 5) is 4.16. The van der Waals surface area contributed by atoms with E-state index in [4.69, 9.17) is 8.94 Å². The number of furan rings is 1. The van der Waals surface area contributed by atoms with Crippen molar-refractivity contribution in [3.63, 3.8) is 0 Å². The zero-order valence-electron chi connectivity index (χ0n) is 11.9. The molecule has 2 heterocycles. The number of nitrogens with zero attached hydrogens (tertiary/aromatic N) is 2. The lowest BCUT2D eigenvalue weighted by Gasteiger charge is -2.07. The van der Waals surface area contributed by atoms with Crippen LogP contribution in [-0.4, -0.2) is 18.6 Å². The van der Waals surface area contributed by atoms with Gasteiger partial charge in [0.1, 0.15) is 6.26 Å². The van der Waals surface area contributed by atoms with Gasteiger partial charge in [-0.2, -0.15) is 4.98 Å². The molecule has 0 radical (unpaired) electrons. The van der Waals surface area contributed by atoms with Crippen molar-refractivity contribution in [1.82, 2.24) is 10.1 Å². The van der Waals surface area contributed by atoms with Gasteiger partial charge >= 0.3 is 0 Å². The van der Waals surface area contributed by atoms with Gasteiger partial charge in [-0.15, -0.1) is 0 Å². The van der Waals surface area contributed by atoms with Gasteiger partial charge in [-0.05, 0) is 36.7 Å². The second kappa shape index (κ2) is 5.30. The minimum absolute atomic E-state index is 0.129. The Hall–Kier alpha value is -2.61. The van der Waals surface area contributed by atoms with Gasteiger partial charge in [0.05, 0.1) is 16.7 Å². The molecule has 0 saturated heterocycles. The topological polar surface area (TPSA) is 98.2 Å². The van der Waals surface area contributed by atoms with Crippen molar-refractivity contribution in [1.29, 1.82) is 0 Å². The molecule has 22 heavy (non-hydrogen) atoms. The Balaban J connectivity index is 1.89. The van der Waals surface area contributed by atoms with Gasteiger partial charge in [-0.1, -0.05) is 17.7 Å². The number of benzene rings is 1. The Morgan fingerprint density at radius 1 is 1.18 bits per heavy atom. The van der Waals surface area contributed by atoms with Crippen LogP contribution in [0.2, 0.25) is 0 Å². The fourth-order valence-corrected chi connectivity index (χ4v) is 3.21. The summed E-state index contributed by atoms with van der Waals surface area (Å²) in [6.45, 7) is 3.63. The summed E-state index contributed by atoms with van der Waals surface area (Å²) in [6.07, 6.45) is 2.88. The smallest absolute Gasteiger partial charge is 0.277 e. The molecule has 7 nitrogen and oxygen atoms in total. The van der Waals surface area contributed by atoms with E-state index in [1.165, 1.54) is 12.5 Å². The van der Waals surface area contributed by atoms with Gasteiger partial charge in [0.2, 0.25) is 0 Å². The molecule has 1 N–H and O–H groups in total. The Labute approximate surface area is 127 Å². The molecule has 0 unspecified atom stereocenters. The minimum Gasteiger partial charge on any atom is -0.472 e. The molecule has 8 heteroatoms.